The van der Waals surface area contributed by atoms with Crippen molar-refractivity contribution >= 4 is 26.6 Å². The second-order valence-electron chi connectivity index (χ2n) is 6.30. The van der Waals surface area contributed by atoms with Gasteiger partial charge < -0.3 is 10.6 Å². The summed E-state index contributed by atoms with van der Waals surface area (Å²) in [6.07, 6.45) is 1.82. The fraction of sp³-hybridized carbons (Fsp3) is 0.421. The van der Waals surface area contributed by atoms with Crippen LogP contribution in [0.25, 0.3) is 10.8 Å². The van der Waals surface area contributed by atoms with Crippen LogP contribution in [0.15, 0.2) is 47.5 Å². The van der Waals surface area contributed by atoms with Gasteiger partial charge in [0.2, 0.25) is 0 Å². The summed E-state index contributed by atoms with van der Waals surface area (Å²) in [4.78, 5) is 4.66. The third kappa shape index (κ3) is 6.38. The minimum absolute atomic E-state index is 0.0278. The number of guanidine groups is 1. The minimum atomic E-state index is -2.95. The van der Waals surface area contributed by atoms with E-state index in [-0.39, 0.29) is 11.8 Å². The average molecular weight is 362 g/mol. The van der Waals surface area contributed by atoms with Gasteiger partial charge in [0, 0.05) is 18.8 Å². The summed E-state index contributed by atoms with van der Waals surface area (Å²) in [6.45, 7) is 5.29. The van der Waals surface area contributed by atoms with Crippen molar-refractivity contribution < 1.29 is 8.42 Å². The predicted octanol–water partition coefficient (Wildman–Crippen LogP) is 2.72. The number of rotatable bonds is 7. The Morgan fingerprint density at radius 3 is 2.60 bits per heavy atom. The van der Waals surface area contributed by atoms with Gasteiger partial charge in [-0.25, -0.2) is 13.4 Å². The first-order chi connectivity index (χ1) is 11.9. The van der Waals surface area contributed by atoms with E-state index in [4.69, 9.17) is 0 Å². The van der Waals surface area contributed by atoms with Crippen LogP contribution in [0.5, 0.6) is 0 Å². The zero-order valence-corrected chi connectivity index (χ0v) is 15.9. The molecular formula is C19H27N3O2S. The van der Waals surface area contributed by atoms with E-state index in [9.17, 15) is 8.42 Å². The van der Waals surface area contributed by atoms with Crippen LogP contribution >= 0.6 is 0 Å². The molecule has 1 unspecified atom stereocenters. The molecule has 5 nitrogen and oxygen atoms in total. The Kier molecular flexibility index (Phi) is 6.82. The Morgan fingerprint density at radius 1 is 1.16 bits per heavy atom. The lowest BCUT2D eigenvalue weighted by atomic mass is 10.1. The van der Waals surface area contributed by atoms with Gasteiger partial charge in [-0.2, -0.15) is 0 Å². The lowest BCUT2D eigenvalue weighted by Gasteiger charge is -2.17. The number of nitrogens with zero attached hydrogens (tertiary/aromatic N) is 1. The van der Waals surface area contributed by atoms with E-state index in [1.54, 1.807) is 0 Å². The fourth-order valence-electron chi connectivity index (χ4n) is 2.61. The predicted molar refractivity (Wildman–Crippen MR) is 106 cm³/mol. The van der Waals surface area contributed by atoms with E-state index in [0.717, 1.165) is 6.54 Å². The van der Waals surface area contributed by atoms with Gasteiger partial charge in [-0.3, -0.25) is 0 Å². The van der Waals surface area contributed by atoms with Gasteiger partial charge in [-0.1, -0.05) is 42.5 Å². The summed E-state index contributed by atoms with van der Waals surface area (Å²) in [6, 6.07) is 14.5. The number of sulfone groups is 1. The SMILES string of the molecule is CCNC(=NCc1cccc2ccccc12)NC(C)CCS(C)(=O)=O. The molecule has 25 heavy (non-hydrogen) atoms. The molecule has 2 rings (SSSR count). The molecule has 0 heterocycles. The Hall–Kier alpha value is -2.08. The van der Waals surface area contributed by atoms with Gasteiger partial charge in [0.1, 0.15) is 9.84 Å². The first-order valence-electron chi connectivity index (χ1n) is 8.58. The van der Waals surface area contributed by atoms with Crippen molar-refractivity contribution in [1.29, 1.82) is 0 Å². The molecule has 0 saturated heterocycles. The molecule has 2 aromatic carbocycles. The molecule has 2 aromatic rings. The number of nitrogens with one attached hydrogen (secondary N) is 2. The van der Waals surface area contributed by atoms with Crippen molar-refractivity contribution in [2.75, 3.05) is 18.6 Å². The summed E-state index contributed by atoms with van der Waals surface area (Å²) < 4.78 is 22.6. The van der Waals surface area contributed by atoms with Crippen molar-refractivity contribution in [1.82, 2.24) is 10.6 Å². The molecule has 0 bridgehead atoms. The molecule has 0 fully saturated rings. The standard InChI is InChI=1S/C19H27N3O2S/c1-4-20-19(22-15(2)12-13-25(3,23)24)21-14-17-10-7-9-16-8-5-6-11-18(16)17/h5-11,15H,4,12-14H2,1-3H3,(H2,20,21,22). The Labute approximate surface area is 150 Å². The lowest BCUT2D eigenvalue weighted by Crippen LogP contribution is -2.42. The lowest BCUT2D eigenvalue weighted by molar-refractivity contribution is 0.581. The number of aliphatic imine (C=N–C) groups is 1. The highest BCUT2D eigenvalue weighted by atomic mass is 32.2. The normalized spacial score (nSPS) is 13.6. The number of hydrogen-bond donors (Lipinski definition) is 2. The van der Waals surface area contributed by atoms with Gasteiger partial charge >= 0.3 is 0 Å². The van der Waals surface area contributed by atoms with E-state index in [1.807, 2.05) is 32.0 Å². The molecule has 136 valence electrons. The highest BCUT2D eigenvalue weighted by molar-refractivity contribution is 7.90. The Morgan fingerprint density at radius 2 is 1.88 bits per heavy atom. The molecule has 0 aliphatic rings. The van der Waals surface area contributed by atoms with Gasteiger partial charge in [0.05, 0.1) is 12.3 Å². The smallest absolute Gasteiger partial charge is 0.191 e. The molecule has 0 aromatic heterocycles. The quantitative estimate of drug-likeness (QED) is 0.588. The summed E-state index contributed by atoms with van der Waals surface area (Å²) in [7, 11) is -2.95. The van der Waals surface area contributed by atoms with Gasteiger partial charge in [0.15, 0.2) is 5.96 Å². The van der Waals surface area contributed by atoms with Crippen LogP contribution in [0, 0.1) is 0 Å². The highest BCUT2D eigenvalue weighted by Crippen LogP contribution is 2.19. The summed E-state index contributed by atoms with van der Waals surface area (Å²) in [5.74, 6) is 0.876. The summed E-state index contributed by atoms with van der Waals surface area (Å²) >= 11 is 0. The number of benzene rings is 2. The molecule has 0 aliphatic carbocycles. The van der Waals surface area contributed by atoms with Crippen LogP contribution in [-0.2, 0) is 16.4 Å². The van der Waals surface area contributed by atoms with Crippen molar-refractivity contribution in [3.05, 3.63) is 48.0 Å². The van der Waals surface area contributed by atoms with Gasteiger partial charge in [-0.15, -0.1) is 0 Å². The molecule has 0 radical (unpaired) electrons. The van der Waals surface area contributed by atoms with E-state index >= 15 is 0 Å². The molecule has 6 heteroatoms. The average Bonchev–Trinajstić information content (AvgIpc) is 2.57. The van der Waals surface area contributed by atoms with Gasteiger partial charge in [0.25, 0.3) is 0 Å². The second kappa shape index (κ2) is 8.85. The topological polar surface area (TPSA) is 70.6 Å². The molecular weight excluding hydrogens is 334 g/mol. The first kappa shape index (κ1) is 19.2. The van der Waals surface area contributed by atoms with Crippen LogP contribution in [0.2, 0.25) is 0 Å². The Balaban J connectivity index is 2.08. The maximum atomic E-state index is 11.3. The van der Waals surface area contributed by atoms with Crippen LogP contribution in [0.4, 0.5) is 0 Å². The first-order valence-corrected chi connectivity index (χ1v) is 10.6. The third-order valence-electron chi connectivity index (χ3n) is 3.94. The molecule has 0 saturated carbocycles. The minimum Gasteiger partial charge on any atom is -0.357 e. The molecule has 0 amide bonds. The van der Waals surface area contributed by atoms with Crippen molar-refractivity contribution in [2.24, 2.45) is 4.99 Å². The van der Waals surface area contributed by atoms with Crippen LogP contribution in [0.3, 0.4) is 0 Å². The summed E-state index contributed by atoms with van der Waals surface area (Å²) in [5, 5.41) is 8.91. The maximum Gasteiger partial charge on any atom is 0.191 e. The summed E-state index contributed by atoms with van der Waals surface area (Å²) in [5.41, 5.74) is 1.17. The van der Waals surface area contributed by atoms with Crippen molar-refractivity contribution in [2.45, 2.75) is 32.9 Å². The molecule has 0 spiro atoms. The highest BCUT2D eigenvalue weighted by Gasteiger charge is 2.09. The molecule has 0 aliphatic heterocycles. The fourth-order valence-corrected chi connectivity index (χ4v) is 3.39. The van der Waals surface area contributed by atoms with Crippen LogP contribution in [-0.4, -0.2) is 39.0 Å². The number of hydrogen-bond acceptors (Lipinski definition) is 3. The number of fused-ring (bicyclic) bond motifs is 1. The van der Waals surface area contributed by atoms with Crippen molar-refractivity contribution in [3.8, 4) is 0 Å². The van der Waals surface area contributed by atoms with E-state index in [2.05, 4.69) is 39.9 Å². The largest absolute Gasteiger partial charge is 0.357 e. The van der Waals surface area contributed by atoms with E-state index in [0.29, 0.717) is 18.9 Å². The van der Waals surface area contributed by atoms with E-state index < -0.39 is 9.84 Å². The third-order valence-corrected chi connectivity index (χ3v) is 4.91. The maximum absolute atomic E-state index is 11.3. The molecule has 2 N–H and O–H groups in total. The van der Waals surface area contributed by atoms with Crippen LogP contribution < -0.4 is 10.6 Å². The monoisotopic (exact) mass is 361 g/mol. The van der Waals surface area contributed by atoms with Crippen LogP contribution in [0.1, 0.15) is 25.8 Å². The zero-order chi connectivity index (χ0) is 18.3. The van der Waals surface area contributed by atoms with E-state index in [1.165, 1.54) is 22.6 Å². The zero-order valence-electron chi connectivity index (χ0n) is 15.1. The second-order valence-corrected chi connectivity index (χ2v) is 8.56. The molecule has 1 atom stereocenters. The Bertz CT molecular complexity index is 826. The van der Waals surface area contributed by atoms with Gasteiger partial charge in [-0.05, 0) is 36.6 Å². The van der Waals surface area contributed by atoms with Crippen molar-refractivity contribution in [3.63, 3.8) is 0 Å².